The Morgan fingerprint density at radius 2 is 2.07 bits per heavy atom. The van der Waals surface area contributed by atoms with Crippen molar-refractivity contribution in [1.82, 2.24) is 5.32 Å². The number of carbonyl (C=O) groups excluding carboxylic acids is 1. The first-order chi connectivity index (χ1) is 6.59. The molecule has 3 nitrogen and oxygen atoms in total. The van der Waals surface area contributed by atoms with E-state index >= 15 is 0 Å². The highest BCUT2D eigenvalue weighted by Crippen LogP contribution is 2.17. The summed E-state index contributed by atoms with van der Waals surface area (Å²) in [4.78, 5) is 11.5. The maximum Gasteiger partial charge on any atom is 0.220 e. The topological polar surface area (TPSA) is 55.1 Å². The van der Waals surface area contributed by atoms with Gasteiger partial charge in [-0.3, -0.25) is 4.79 Å². The van der Waals surface area contributed by atoms with Gasteiger partial charge in [0.2, 0.25) is 5.91 Å². The van der Waals surface area contributed by atoms with E-state index in [2.05, 4.69) is 19.2 Å². The molecule has 1 fully saturated rings. The van der Waals surface area contributed by atoms with Gasteiger partial charge in [-0.05, 0) is 18.8 Å². The van der Waals surface area contributed by atoms with Crippen LogP contribution in [0.15, 0.2) is 0 Å². The van der Waals surface area contributed by atoms with Crippen LogP contribution >= 0.6 is 0 Å². The minimum Gasteiger partial charge on any atom is -0.352 e. The average Bonchev–Trinajstić information content (AvgIpc) is 2.07. The van der Waals surface area contributed by atoms with E-state index in [4.69, 9.17) is 5.73 Å². The van der Waals surface area contributed by atoms with Gasteiger partial charge in [0.25, 0.3) is 0 Å². The zero-order chi connectivity index (χ0) is 10.6. The van der Waals surface area contributed by atoms with Crippen LogP contribution in [0.25, 0.3) is 0 Å². The van der Waals surface area contributed by atoms with E-state index in [0.717, 1.165) is 12.8 Å². The molecule has 0 aromatic heterocycles. The second-order valence-electron chi connectivity index (χ2n) is 4.72. The molecular formula is C11H22N2O. The summed E-state index contributed by atoms with van der Waals surface area (Å²) in [6.45, 7) is 4.11. The number of carbonyl (C=O) groups is 1. The molecule has 0 bridgehead atoms. The van der Waals surface area contributed by atoms with Crippen LogP contribution < -0.4 is 11.1 Å². The zero-order valence-corrected chi connectivity index (χ0v) is 9.25. The van der Waals surface area contributed by atoms with Gasteiger partial charge in [0.1, 0.15) is 0 Å². The Balaban J connectivity index is 2.31. The third kappa shape index (κ3) is 3.66. The van der Waals surface area contributed by atoms with Crippen molar-refractivity contribution in [3.8, 4) is 0 Å². The molecule has 1 rings (SSSR count). The Kier molecular flexibility index (Phi) is 4.39. The zero-order valence-electron chi connectivity index (χ0n) is 9.25. The smallest absolute Gasteiger partial charge is 0.220 e. The lowest BCUT2D eigenvalue weighted by molar-refractivity contribution is -0.122. The van der Waals surface area contributed by atoms with E-state index in [0.29, 0.717) is 12.3 Å². The molecular weight excluding hydrogens is 176 g/mol. The van der Waals surface area contributed by atoms with Crippen LogP contribution in [0.4, 0.5) is 0 Å². The fourth-order valence-corrected chi connectivity index (χ4v) is 1.98. The van der Waals surface area contributed by atoms with E-state index in [-0.39, 0.29) is 18.0 Å². The lowest BCUT2D eigenvalue weighted by Gasteiger charge is -2.29. The third-order valence-electron chi connectivity index (χ3n) is 2.76. The molecule has 0 saturated heterocycles. The number of nitrogens with two attached hydrogens (primary N) is 1. The SMILES string of the molecule is CC(C)CC(=O)N[C@@H]1CCCC[C@H]1N. The monoisotopic (exact) mass is 198 g/mol. The molecule has 1 aliphatic rings. The van der Waals surface area contributed by atoms with Crippen LogP contribution in [-0.4, -0.2) is 18.0 Å². The summed E-state index contributed by atoms with van der Waals surface area (Å²) in [6.07, 6.45) is 5.11. The molecule has 0 aromatic carbocycles. The summed E-state index contributed by atoms with van der Waals surface area (Å²) in [5, 5.41) is 3.04. The molecule has 3 N–H and O–H groups in total. The second-order valence-corrected chi connectivity index (χ2v) is 4.72. The molecule has 0 aromatic rings. The van der Waals surface area contributed by atoms with E-state index in [1.165, 1.54) is 12.8 Å². The molecule has 14 heavy (non-hydrogen) atoms. The molecule has 0 heterocycles. The lowest BCUT2D eigenvalue weighted by Crippen LogP contribution is -2.49. The molecule has 3 heteroatoms. The predicted molar refractivity (Wildman–Crippen MR) is 57.8 cm³/mol. The highest BCUT2D eigenvalue weighted by molar-refractivity contribution is 5.76. The van der Waals surface area contributed by atoms with Gasteiger partial charge in [-0.2, -0.15) is 0 Å². The summed E-state index contributed by atoms with van der Waals surface area (Å²) in [5.74, 6) is 0.581. The number of amides is 1. The van der Waals surface area contributed by atoms with Gasteiger partial charge in [0.05, 0.1) is 0 Å². The van der Waals surface area contributed by atoms with Crippen molar-refractivity contribution in [2.45, 2.75) is 58.0 Å². The summed E-state index contributed by atoms with van der Waals surface area (Å²) in [5.41, 5.74) is 5.94. The number of hydrogen-bond acceptors (Lipinski definition) is 2. The molecule has 0 unspecified atom stereocenters. The summed E-state index contributed by atoms with van der Waals surface area (Å²) in [7, 11) is 0. The average molecular weight is 198 g/mol. The van der Waals surface area contributed by atoms with E-state index in [1.54, 1.807) is 0 Å². The first-order valence-electron chi connectivity index (χ1n) is 5.64. The highest BCUT2D eigenvalue weighted by Gasteiger charge is 2.23. The van der Waals surface area contributed by atoms with Crippen LogP contribution in [0.3, 0.4) is 0 Å². The first-order valence-corrected chi connectivity index (χ1v) is 5.64. The molecule has 1 saturated carbocycles. The van der Waals surface area contributed by atoms with Gasteiger partial charge in [-0.15, -0.1) is 0 Å². The Hall–Kier alpha value is -0.570. The standard InChI is InChI=1S/C11H22N2O/c1-8(2)7-11(14)13-10-6-4-3-5-9(10)12/h8-10H,3-7,12H2,1-2H3,(H,13,14)/t9-,10-/m1/s1. The second kappa shape index (κ2) is 5.35. The quantitative estimate of drug-likeness (QED) is 0.720. The van der Waals surface area contributed by atoms with Gasteiger partial charge >= 0.3 is 0 Å². The number of nitrogens with one attached hydrogen (secondary N) is 1. The highest BCUT2D eigenvalue weighted by atomic mass is 16.1. The van der Waals surface area contributed by atoms with E-state index in [1.807, 2.05) is 0 Å². The van der Waals surface area contributed by atoms with E-state index < -0.39 is 0 Å². The largest absolute Gasteiger partial charge is 0.352 e. The third-order valence-corrected chi connectivity index (χ3v) is 2.76. The Bertz CT molecular complexity index is 192. The predicted octanol–water partition coefficient (Wildman–Crippen LogP) is 1.42. The molecule has 82 valence electrons. The summed E-state index contributed by atoms with van der Waals surface area (Å²) < 4.78 is 0. The van der Waals surface area contributed by atoms with Gasteiger partial charge in [0.15, 0.2) is 0 Å². The normalized spacial score (nSPS) is 27.7. The molecule has 0 radical (unpaired) electrons. The minimum atomic E-state index is 0.155. The fraction of sp³-hybridized carbons (Fsp3) is 0.909. The van der Waals surface area contributed by atoms with Crippen LogP contribution in [0, 0.1) is 5.92 Å². The van der Waals surface area contributed by atoms with Crippen LogP contribution in [0.1, 0.15) is 46.0 Å². The van der Waals surface area contributed by atoms with Crippen LogP contribution in [0.5, 0.6) is 0 Å². The van der Waals surface area contributed by atoms with Gasteiger partial charge in [-0.25, -0.2) is 0 Å². The minimum absolute atomic E-state index is 0.155. The fourth-order valence-electron chi connectivity index (χ4n) is 1.98. The van der Waals surface area contributed by atoms with Crippen molar-refractivity contribution in [2.75, 3.05) is 0 Å². The van der Waals surface area contributed by atoms with Crippen LogP contribution in [-0.2, 0) is 4.79 Å². The summed E-state index contributed by atoms with van der Waals surface area (Å²) in [6, 6.07) is 0.384. The molecule has 0 spiro atoms. The van der Waals surface area contributed by atoms with Gasteiger partial charge < -0.3 is 11.1 Å². The van der Waals surface area contributed by atoms with Gasteiger partial charge in [0, 0.05) is 18.5 Å². The lowest BCUT2D eigenvalue weighted by atomic mass is 9.91. The van der Waals surface area contributed by atoms with Crippen molar-refractivity contribution in [3.63, 3.8) is 0 Å². The molecule has 1 amide bonds. The van der Waals surface area contributed by atoms with Gasteiger partial charge in [-0.1, -0.05) is 26.7 Å². The van der Waals surface area contributed by atoms with Crippen molar-refractivity contribution >= 4 is 5.91 Å². The van der Waals surface area contributed by atoms with Crippen molar-refractivity contribution in [2.24, 2.45) is 11.7 Å². The maximum atomic E-state index is 11.5. The Morgan fingerprint density at radius 3 is 2.64 bits per heavy atom. The number of hydrogen-bond donors (Lipinski definition) is 2. The molecule has 2 atom stereocenters. The van der Waals surface area contributed by atoms with Crippen molar-refractivity contribution in [1.29, 1.82) is 0 Å². The maximum absolute atomic E-state index is 11.5. The van der Waals surface area contributed by atoms with E-state index in [9.17, 15) is 4.79 Å². The number of rotatable bonds is 3. The Labute approximate surface area is 86.4 Å². The summed E-state index contributed by atoms with van der Waals surface area (Å²) >= 11 is 0. The molecule has 1 aliphatic carbocycles. The van der Waals surface area contributed by atoms with Crippen LogP contribution in [0.2, 0.25) is 0 Å². The molecule has 0 aliphatic heterocycles. The first kappa shape index (κ1) is 11.5. The Morgan fingerprint density at radius 1 is 1.43 bits per heavy atom. The van der Waals surface area contributed by atoms with Crippen molar-refractivity contribution in [3.05, 3.63) is 0 Å². The van der Waals surface area contributed by atoms with Crippen molar-refractivity contribution < 1.29 is 4.79 Å².